The van der Waals surface area contributed by atoms with Crippen LogP contribution in [-0.2, 0) is 57.1 Å². The second-order valence-electron chi connectivity index (χ2n) is 18.7. The third-order valence-electron chi connectivity index (χ3n) is 13.2. The molecule has 66 heavy (non-hydrogen) atoms. The third kappa shape index (κ3) is 9.59. The minimum Gasteiger partial charge on any atom is -0.455 e. The lowest BCUT2D eigenvalue weighted by Crippen LogP contribution is -2.81. The van der Waals surface area contributed by atoms with E-state index in [-0.39, 0.29) is 41.7 Å². The fourth-order valence-electron chi connectivity index (χ4n) is 9.90. The molecule has 0 aromatic heterocycles. The van der Waals surface area contributed by atoms with E-state index in [1.807, 2.05) is 0 Å². The average Bonchev–Trinajstić information content (AvgIpc) is 3.25. The van der Waals surface area contributed by atoms with Gasteiger partial charge in [-0.1, -0.05) is 62.4 Å². The molecule has 0 unspecified atom stereocenters. The number of aliphatic hydroxyl groups is 3. The Morgan fingerprint density at radius 2 is 1.59 bits per heavy atom. The second kappa shape index (κ2) is 19.3. The predicted octanol–water partition coefficient (Wildman–Crippen LogP) is 3.76. The van der Waals surface area contributed by atoms with Gasteiger partial charge in [-0.05, 0) is 69.9 Å². The number of rotatable bonds is 13. The van der Waals surface area contributed by atoms with Crippen LogP contribution in [0.4, 0.5) is 4.79 Å². The lowest BCUT2D eigenvalue weighted by molar-refractivity contribution is -0.343. The highest BCUT2D eigenvalue weighted by Gasteiger charge is 2.76. The molecule has 6 rings (SSSR count). The van der Waals surface area contributed by atoms with Crippen molar-refractivity contribution in [3.05, 3.63) is 82.9 Å². The van der Waals surface area contributed by atoms with Crippen molar-refractivity contribution in [3.8, 4) is 0 Å². The average molecular weight is 922 g/mol. The second-order valence-corrected chi connectivity index (χ2v) is 18.7. The summed E-state index contributed by atoms with van der Waals surface area (Å²) in [5, 5.41) is 40.1. The van der Waals surface area contributed by atoms with Gasteiger partial charge in [-0.3, -0.25) is 14.4 Å². The van der Waals surface area contributed by atoms with Gasteiger partial charge in [0.05, 0.1) is 29.6 Å². The van der Waals surface area contributed by atoms with Crippen LogP contribution >= 0.6 is 0 Å². The molecule has 12 atom stereocenters. The third-order valence-corrected chi connectivity index (χ3v) is 13.2. The smallest absolute Gasteiger partial charge is 0.408 e. The first-order chi connectivity index (χ1) is 31.0. The highest BCUT2D eigenvalue weighted by Crippen LogP contribution is 2.61. The van der Waals surface area contributed by atoms with E-state index in [0.29, 0.717) is 6.42 Å². The Kier molecular flexibility index (Phi) is 14.5. The van der Waals surface area contributed by atoms with Crippen molar-refractivity contribution < 1.29 is 82.0 Å². The number of hydrogen-bond donors (Lipinski definition) is 4. The first-order valence-corrected chi connectivity index (χ1v) is 22.0. The molecule has 1 heterocycles. The number of carbonyl (C=O) groups is 7. The summed E-state index contributed by atoms with van der Waals surface area (Å²) in [7, 11) is 0. The number of esters is 5. The Hall–Kier alpha value is -5.69. The number of carbonyl (C=O) groups excluding carboxylic acids is 7. The van der Waals surface area contributed by atoms with Crippen molar-refractivity contribution in [2.75, 3.05) is 13.2 Å². The van der Waals surface area contributed by atoms with Crippen LogP contribution in [0.15, 0.2) is 71.8 Å². The number of amides is 1. The maximum atomic E-state index is 15.0. The van der Waals surface area contributed by atoms with Gasteiger partial charge in [-0.15, -0.1) is 0 Å². The molecule has 18 heteroatoms. The fraction of sp³-hybridized carbons (Fsp3) is 0.562. The lowest BCUT2D eigenvalue weighted by Gasteiger charge is -2.66. The molecular formula is C48H59NO17. The molecule has 3 aliphatic carbocycles. The van der Waals surface area contributed by atoms with Crippen LogP contribution in [0.2, 0.25) is 0 Å². The summed E-state index contributed by atoms with van der Waals surface area (Å²) < 4.78 is 40.5. The van der Waals surface area contributed by atoms with Gasteiger partial charge in [0.1, 0.15) is 41.7 Å². The van der Waals surface area contributed by atoms with Crippen molar-refractivity contribution >= 4 is 41.7 Å². The molecule has 2 aromatic carbocycles. The highest BCUT2D eigenvalue weighted by molar-refractivity contribution is 5.94. The summed E-state index contributed by atoms with van der Waals surface area (Å²) >= 11 is 0. The Labute approximate surface area is 382 Å². The Bertz CT molecular complexity index is 2220. The Morgan fingerprint density at radius 3 is 2.17 bits per heavy atom. The van der Waals surface area contributed by atoms with Gasteiger partial charge < -0.3 is 53.8 Å². The molecule has 18 nitrogen and oxygen atoms in total. The number of nitrogens with one attached hydrogen (secondary N) is 1. The van der Waals surface area contributed by atoms with Crippen LogP contribution in [0.3, 0.4) is 0 Å². The van der Waals surface area contributed by atoms with Gasteiger partial charge in [0.25, 0.3) is 0 Å². The van der Waals surface area contributed by atoms with Gasteiger partial charge in [-0.2, -0.15) is 0 Å². The molecular weight excluding hydrogens is 863 g/mol. The zero-order chi connectivity index (χ0) is 48.5. The molecule has 4 N–H and O–H groups in total. The molecule has 1 saturated heterocycles. The number of fused-ring (bicyclic) bond motifs is 5. The molecule has 1 amide bonds. The van der Waals surface area contributed by atoms with Crippen LogP contribution in [0.25, 0.3) is 0 Å². The van der Waals surface area contributed by atoms with Crippen LogP contribution in [0.1, 0.15) is 103 Å². The summed E-state index contributed by atoms with van der Waals surface area (Å²) in [6.45, 7) is 10.8. The number of aliphatic hydroxyl groups excluding tert-OH is 2. The van der Waals surface area contributed by atoms with Crippen molar-refractivity contribution in [1.29, 1.82) is 0 Å². The van der Waals surface area contributed by atoms with E-state index in [4.69, 9.17) is 33.2 Å². The van der Waals surface area contributed by atoms with Gasteiger partial charge in [0.15, 0.2) is 18.0 Å². The largest absolute Gasteiger partial charge is 0.455 e. The molecule has 4 aliphatic rings. The van der Waals surface area contributed by atoms with E-state index in [9.17, 15) is 44.1 Å². The summed E-state index contributed by atoms with van der Waals surface area (Å²) in [5.74, 6) is -8.73. The lowest BCUT2D eigenvalue weighted by atomic mass is 9.47. The maximum absolute atomic E-state index is 15.0. The maximum Gasteiger partial charge on any atom is 0.408 e. The number of benzene rings is 2. The Balaban J connectivity index is 1.48. The van der Waals surface area contributed by atoms with Crippen molar-refractivity contribution in [1.82, 2.24) is 5.32 Å². The zero-order valence-electron chi connectivity index (χ0n) is 38.3. The molecule has 358 valence electrons. The summed E-state index contributed by atoms with van der Waals surface area (Å²) in [6, 6.07) is 14.2. The van der Waals surface area contributed by atoms with Crippen LogP contribution in [-0.4, -0.2) is 124 Å². The number of alkyl carbamates (subject to hydrolysis) is 1. The normalized spacial score (nSPS) is 31.1. The number of ketones is 1. The van der Waals surface area contributed by atoms with Gasteiger partial charge >= 0.3 is 35.9 Å². The van der Waals surface area contributed by atoms with Crippen LogP contribution in [0.5, 0.6) is 0 Å². The van der Waals surface area contributed by atoms with Crippen molar-refractivity contribution in [2.45, 2.75) is 141 Å². The molecule has 0 radical (unpaired) electrons. The van der Waals surface area contributed by atoms with Crippen LogP contribution in [0, 0.1) is 17.3 Å². The van der Waals surface area contributed by atoms with E-state index in [0.717, 1.165) is 6.92 Å². The SMILES string of the molecule is CCCC(=O)OCC(=O)O[C@@H](C(=O)O[C@H]1C[C@]2(O)[C@@H](C)C(=C1C)[C@@H](O)C(=O)[C@@]1(C)[C@H]([C@@H]2OC(=O)c2ccccc2)[C@]2(OC(C)=O)CO[C@@H]2C[C@@H]1O)[C@@H](NC(=O)OC(C)(C)C)c1ccccc1. The topological polar surface area (TPSA) is 257 Å². The van der Waals surface area contributed by atoms with E-state index in [1.54, 1.807) is 64.1 Å². The summed E-state index contributed by atoms with van der Waals surface area (Å²) in [5.41, 5.74) is -6.97. The van der Waals surface area contributed by atoms with Gasteiger partial charge in [0, 0.05) is 32.1 Å². The minimum absolute atomic E-state index is 0.00674. The van der Waals surface area contributed by atoms with Crippen molar-refractivity contribution in [2.24, 2.45) is 17.3 Å². The molecule has 1 aliphatic heterocycles. The quantitative estimate of drug-likeness (QED) is 0.127. The van der Waals surface area contributed by atoms with E-state index in [2.05, 4.69) is 5.32 Å². The first-order valence-electron chi connectivity index (χ1n) is 22.0. The number of Topliss-reactive ketones (excluding diaryl/α,β-unsaturated/α-hetero) is 1. The molecule has 2 aromatic rings. The van der Waals surface area contributed by atoms with E-state index in [1.165, 1.54) is 45.0 Å². The van der Waals surface area contributed by atoms with E-state index >= 15 is 4.79 Å². The summed E-state index contributed by atoms with van der Waals surface area (Å²) in [6.07, 6.45) is -11.5. The fourth-order valence-corrected chi connectivity index (χ4v) is 9.90. The monoisotopic (exact) mass is 921 g/mol. The number of hydrogen-bond acceptors (Lipinski definition) is 17. The van der Waals surface area contributed by atoms with Crippen LogP contribution < -0.4 is 5.32 Å². The number of ether oxygens (including phenoxy) is 7. The van der Waals surface area contributed by atoms with Gasteiger partial charge in [0.2, 0.25) is 6.10 Å². The standard InChI is InChI=1S/C48H59NO17/c1-9-16-33(52)60-23-34(53)63-38(36(28-17-12-10-13-18-28)49-44(58)66-45(5,6)7)43(57)62-30-22-47(59)26(3)35(25(30)2)37(54)40(55)46(8)31(51)21-32-48(24-61-32,65-27(4)50)39(46)41(47)64-42(56)29-19-14-11-15-20-29/h10-15,17-20,26,30-32,36-39,41,51,54,59H,9,16,21-24H2,1-8H3,(H,49,58)/t26-,30-,31-,32+,36-,37+,38+,39-,41-,46+,47-,48-/m0/s1. The molecule has 2 saturated carbocycles. The molecule has 2 bridgehead atoms. The first kappa shape index (κ1) is 49.7. The van der Waals surface area contributed by atoms with E-state index < -0.39 is 131 Å². The summed E-state index contributed by atoms with van der Waals surface area (Å²) in [4.78, 5) is 96.0. The van der Waals surface area contributed by atoms with Crippen molar-refractivity contribution in [3.63, 3.8) is 0 Å². The predicted molar refractivity (Wildman–Crippen MR) is 229 cm³/mol. The molecule has 0 spiro atoms. The molecule has 3 fully saturated rings. The zero-order valence-corrected chi connectivity index (χ0v) is 38.3. The Morgan fingerprint density at radius 1 is 0.955 bits per heavy atom. The minimum atomic E-state index is -2.39. The van der Waals surface area contributed by atoms with Gasteiger partial charge in [-0.25, -0.2) is 19.2 Å². The highest BCUT2D eigenvalue weighted by atomic mass is 16.6.